The zero-order chi connectivity index (χ0) is 11.5. The number of aliphatic imine (C=N–C) groups is 1. The minimum Gasteiger partial charge on any atom is -0.281 e. The van der Waals surface area contributed by atoms with Gasteiger partial charge in [0, 0.05) is 5.56 Å². The molecule has 82 valence electrons. The van der Waals surface area contributed by atoms with Crippen molar-refractivity contribution in [1.29, 1.82) is 0 Å². The van der Waals surface area contributed by atoms with Crippen LogP contribution in [0.15, 0.2) is 71.7 Å². The zero-order valence-electron chi connectivity index (χ0n) is 9.51. The van der Waals surface area contributed by atoms with E-state index in [-0.39, 0.29) is 0 Å². The standard InChI is InChI=1S/C16H13N/c1-2-6-13(7-3-1)14-8-4-9-15(12-14)16-10-5-11-17-16/h1-10,12H,11H2. The van der Waals surface area contributed by atoms with Crippen LogP contribution in [0.5, 0.6) is 0 Å². The number of hydrogen-bond acceptors (Lipinski definition) is 1. The highest BCUT2D eigenvalue weighted by atomic mass is 14.7. The van der Waals surface area contributed by atoms with Crippen LogP contribution < -0.4 is 0 Å². The van der Waals surface area contributed by atoms with Gasteiger partial charge in [-0.3, -0.25) is 4.99 Å². The van der Waals surface area contributed by atoms with Crippen LogP contribution in [0.25, 0.3) is 11.1 Å². The van der Waals surface area contributed by atoms with E-state index >= 15 is 0 Å². The fraction of sp³-hybridized carbons (Fsp3) is 0.0625. The third kappa shape index (κ3) is 2.04. The van der Waals surface area contributed by atoms with E-state index in [4.69, 9.17) is 0 Å². The van der Waals surface area contributed by atoms with Gasteiger partial charge in [-0.15, -0.1) is 0 Å². The monoisotopic (exact) mass is 219 g/mol. The molecule has 3 rings (SSSR count). The van der Waals surface area contributed by atoms with E-state index in [1.165, 1.54) is 16.7 Å². The maximum atomic E-state index is 4.45. The molecule has 0 spiro atoms. The summed E-state index contributed by atoms with van der Waals surface area (Å²) in [6.45, 7) is 0.810. The van der Waals surface area contributed by atoms with Crippen LogP contribution in [0.1, 0.15) is 5.56 Å². The molecule has 1 aliphatic heterocycles. The summed E-state index contributed by atoms with van der Waals surface area (Å²) in [7, 11) is 0. The second-order valence-electron chi connectivity index (χ2n) is 4.08. The molecule has 17 heavy (non-hydrogen) atoms. The maximum absolute atomic E-state index is 4.45. The lowest BCUT2D eigenvalue weighted by atomic mass is 10.0. The van der Waals surface area contributed by atoms with Crippen molar-refractivity contribution in [3.63, 3.8) is 0 Å². The van der Waals surface area contributed by atoms with Crippen molar-refractivity contribution in [2.45, 2.75) is 0 Å². The lowest BCUT2D eigenvalue weighted by Gasteiger charge is -2.04. The molecule has 2 aromatic rings. The molecule has 1 nitrogen and oxygen atoms in total. The van der Waals surface area contributed by atoms with Gasteiger partial charge in [0.15, 0.2) is 0 Å². The lowest BCUT2D eigenvalue weighted by Crippen LogP contribution is -1.94. The molecule has 0 aliphatic carbocycles. The number of nitrogens with zero attached hydrogens (tertiary/aromatic N) is 1. The summed E-state index contributed by atoms with van der Waals surface area (Å²) in [5, 5.41) is 0. The molecule has 0 bridgehead atoms. The molecule has 0 radical (unpaired) electrons. The van der Waals surface area contributed by atoms with Gasteiger partial charge in [0.05, 0.1) is 12.3 Å². The van der Waals surface area contributed by atoms with Gasteiger partial charge >= 0.3 is 0 Å². The lowest BCUT2D eigenvalue weighted by molar-refractivity contribution is 1.28. The second-order valence-corrected chi connectivity index (χ2v) is 4.08. The molecule has 0 unspecified atom stereocenters. The Morgan fingerprint density at radius 2 is 1.53 bits per heavy atom. The minimum absolute atomic E-state index is 0.810. The van der Waals surface area contributed by atoms with E-state index in [1.807, 2.05) is 6.07 Å². The Morgan fingerprint density at radius 1 is 0.765 bits per heavy atom. The molecule has 0 N–H and O–H groups in total. The minimum atomic E-state index is 0.810. The average Bonchev–Trinajstić information content (AvgIpc) is 2.94. The van der Waals surface area contributed by atoms with Gasteiger partial charge in [-0.05, 0) is 23.3 Å². The largest absolute Gasteiger partial charge is 0.281 e. The van der Waals surface area contributed by atoms with Gasteiger partial charge in [0.1, 0.15) is 0 Å². The Labute approximate surface area is 101 Å². The summed E-state index contributed by atoms with van der Waals surface area (Å²) in [6, 6.07) is 19.0. The fourth-order valence-corrected chi connectivity index (χ4v) is 2.04. The summed E-state index contributed by atoms with van der Waals surface area (Å²) in [5.41, 5.74) is 4.77. The van der Waals surface area contributed by atoms with Crippen molar-refractivity contribution in [3.8, 4) is 11.1 Å². The quantitative estimate of drug-likeness (QED) is 0.730. The molecule has 1 heterocycles. The maximum Gasteiger partial charge on any atom is 0.0648 e. The SMILES string of the molecule is C1=CC(c2cccc(-c3ccccc3)c2)=NC1. The molecule has 0 saturated heterocycles. The summed E-state index contributed by atoms with van der Waals surface area (Å²) in [4.78, 5) is 4.45. The average molecular weight is 219 g/mol. The molecule has 0 amide bonds. The normalized spacial score (nSPS) is 13.8. The predicted molar refractivity (Wildman–Crippen MR) is 72.4 cm³/mol. The van der Waals surface area contributed by atoms with E-state index in [0.717, 1.165) is 12.3 Å². The summed E-state index contributed by atoms with van der Waals surface area (Å²) in [5.74, 6) is 0. The third-order valence-electron chi connectivity index (χ3n) is 2.91. The highest BCUT2D eigenvalue weighted by molar-refractivity contribution is 6.10. The highest BCUT2D eigenvalue weighted by Gasteiger charge is 2.04. The van der Waals surface area contributed by atoms with Crippen molar-refractivity contribution in [2.24, 2.45) is 4.99 Å². The molecule has 0 saturated carbocycles. The van der Waals surface area contributed by atoms with E-state index in [9.17, 15) is 0 Å². The van der Waals surface area contributed by atoms with Crippen molar-refractivity contribution in [2.75, 3.05) is 6.54 Å². The van der Waals surface area contributed by atoms with Gasteiger partial charge in [0.25, 0.3) is 0 Å². The van der Waals surface area contributed by atoms with Crippen LogP contribution in [-0.2, 0) is 0 Å². The van der Waals surface area contributed by atoms with Crippen LogP contribution in [-0.4, -0.2) is 12.3 Å². The first-order valence-electron chi connectivity index (χ1n) is 5.80. The second kappa shape index (κ2) is 4.38. The van der Waals surface area contributed by atoms with Crippen LogP contribution >= 0.6 is 0 Å². The Morgan fingerprint density at radius 3 is 2.29 bits per heavy atom. The van der Waals surface area contributed by atoms with E-state index < -0.39 is 0 Å². The van der Waals surface area contributed by atoms with Crippen LogP contribution in [0.4, 0.5) is 0 Å². The molecule has 2 aromatic carbocycles. The van der Waals surface area contributed by atoms with E-state index in [2.05, 4.69) is 65.7 Å². The van der Waals surface area contributed by atoms with Crippen LogP contribution in [0.2, 0.25) is 0 Å². The first-order valence-corrected chi connectivity index (χ1v) is 5.80. The van der Waals surface area contributed by atoms with Gasteiger partial charge in [-0.1, -0.05) is 54.6 Å². The van der Waals surface area contributed by atoms with Gasteiger partial charge in [-0.25, -0.2) is 0 Å². The first kappa shape index (κ1) is 10.0. The third-order valence-corrected chi connectivity index (χ3v) is 2.91. The molecule has 0 atom stereocenters. The first-order chi connectivity index (χ1) is 8.43. The summed E-state index contributed by atoms with van der Waals surface area (Å²) < 4.78 is 0. The predicted octanol–water partition coefficient (Wildman–Crippen LogP) is 3.71. The zero-order valence-corrected chi connectivity index (χ0v) is 9.51. The number of benzene rings is 2. The topological polar surface area (TPSA) is 12.4 Å². The molecule has 1 aliphatic rings. The van der Waals surface area contributed by atoms with Crippen molar-refractivity contribution in [1.82, 2.24) is 0 Å². The van der Waals surface area contributed by atoms with E-state index in [0.29, 0.717) is 0 Å². The summed E-state index contributed by atoms with van der Waals surface area (Å²) in [6.07, 6.45) is 4.18. The van der Waals surface area contributed by atoms with Crippen molar-refractivity contribution < 1.29 is 0 Å². The summed E-state index contributed by atoms with van der Waals surface area (Å²) >= 11 is 0. The Kier molecular flexibility index (Phi) is 2.59. The number of rotatable bonds is 2. The Balaban J connectivity index is 2.03. The molecular formula is C16H13N. The Hall–Kier alpha value is -2.15. The molecule has 0 aromatic heterocycles. The number of allylic oxidation sites excluding steroid dienone is 1. The van der Waals surface area contributed by atoms with E-state index in [1.54, 1.807) is 0 Å². The van der Waals surface area contributed by atoms with Gasteiger partial charge in [-0.2, -0.15) is 0 Å². The van der Waals surface area contributed by atoms with Gasteiger partial charge in [0.2, 0.25) is 0 Å². The molecular weight excluding hydrogens is 206 g/mol. The molecule has 0 fully saturated rings. The number of hydrogen-bond donors (Lipinski definition) is 0. The smallest absolute Gasteiger partial charge is 0.0648 e. The van der Waals surface area contributed by atoms with Gasteiger partial charge < -0.3 is 0 Å². The van der Waals surface area contributed by atoms with Crippen molar-refractivity contribution in [3.05, 3.63) is 72.3 Å². The molecule has 1 heteroatoms. The Bertz CT molecular complexity index is 579. The van der Waals surface area contributed by atoms with Crippen LogP contribution in [0, 0.1) is 0 Å². The fourth-order valence-electron chi connectivity index (χ4n) is 2.04. The van der Waals surface area contributed by atoms with Crippen molar-refractivity contribution >= 4 is 5.71 Å². The highest BCUT2D eigenvalue weighted by Crippen LogP contribution is 2.21. The van der Waals surface area contributed by atoms with Crippen LogP contribution in [0.3, 0.4) is 0 Å².